The predicted octanol–water partition coefficient (Wildman–Crippen LogP) is 6.48. The number of rotatable bonds is 6. The molecule has 0 aliphatic carbocycles. The van der Waals surface area contributed by atoms with Crippen LogP contribution < -0.4 is 5.32 Å². The molecule has 1 N–H and O–H groups in total. The largest absolute Gasteiger partial charge is 0.436 e. The standard InChI is InChI=1S/C25H23N3O4/c1-4-15(2)17-10-11-23-21(13-17)27-25(32-23)19-6-5-7-20(12-19)26-24(29)18-9-8-16(3)22(14-18)28(30)31/h5-15H,4H2,1-3H3,(H,26,29)/t15-/m1/s1. The number of carbonyl (C=O) groups is 1. The second-order valence-corrected chi connectivity index (χ2v) is 7.85. The number of aromatic nitrogens is 1. The summed E-state index contributed by atoms with van der Waals surface area (Å²) in [5.74, 6) is 0.472. The molecule has 0 aliphatic heterocycles. The fraction of sp³-hybridized carbons (Fsp3) is 0.200. The van der Waals surface area contributed by atoms with Gasteiger partial charge in [-0.25, -0.2) is 4.98 Å². The monoisotopic (exact) mass is 429 g/mol. The van der Waals surface area contributed by atoms with Crippen molar-refractivity contribution >= 4 is 28.4 Å². The average Bonchev–Trinajstić information content (AvgIpc) is 3.22. The van der Waals surface area contributed by atoms with Crippen LogP contribution in [0.25, 0.3) is 22.6 Å². The third kappa shape index (κ3) is 4.23. The molecular weight excluding hydrogens is 406 g/mol. The van der Waals surface area contributed by atoms with Crippen LogP contribution in [0.15, 0.2) is 65.1 Å². The van der Waals surface area contributed by atoms with Gasteiger partial charge in [0.2, 0.25) is 5.89 Å². The van der Waals surface area contributed by atoms with E-state index in [1.54, 1.807) is 37.3 Å². The Morgan fingerprint density at radius 1 is 1.16 bits per heavy atom. The topological polar surface area (TPSA) is 98.3 Å². The lowest BCUT2D eigenvalue weighted by atomic mass is 9.98. The third-order valence-electron chi connectivity index (χ3n) is 5.63. The molecule has 0 fully saturated rings. The number of nitrogens with one attached hydrogen (secondary N) is 1. The van der Waals surface area contributed by atoms with Crippen LogP contribution in [-0.2, 0) is 0 Å². The first-order valence-corrected chi connectivity index (χ1v) is 10.4. The van der Waals surface area contributed by atoms with Gasteiger partial charge < -0.3 is 9.73 Å². The first-order chi connectivity index (χ1) is 15.4. The zero-order chi connectivity index (χ0) is 22.8. The summed E-state index contributed by atoms with van der Waals surface area (Å²) >= 11 is 0. The number of nitro groups is 1. The first-order valence-electron chi connectivity index (χ1n) is 10.4. The average molecular weight is 429 g/mol. The number of anilines is 1. The molecule has 162 valence electrons. The van der Waals surface area contributed by atoms with Crippen LogP contribution in [0.4, 0.5) is 11.4 Å². The van der Waals surface area contributed by atoms with Crippen molar-refractivity contribution < 1.29 is 14.1 Å². The van der Waals surface area contributed by atoms with Crippen molar-refractivity contribution in [3.05, 3.63) is 87.5 Å². The Morgan fingerprint density at radius 2 is 1.97 bits per heavy atom. The summed E-state index contributed by atoms with van der Waals surface area (Å²) in [5.41, 5.74) is 4.60. The number of nitrogens with zero attached hydrogens (tertiary/aromatic N) is 2. The smallest absolute Gasteiger partial charge is 0.273 e. The quantitative estimate of drug-likeness (QED) is 0.279. The molecule has 0 spiro atoms. The highest BCUT2D eigenvalue weighted by atomic mass is 16.6. The minimum atomic E-state index is -0.493. The van der Waals surface area contributed by atoms with Gasteiger partial charge in [0, 0.05) is 28.4 Å². The van der Waals surface area contributed by atoms with Gasteiger partial charge in [0.25, 0.3) is 11.6 Å². The molecular formula is C25H23N3O4. The maximum Gasteiger partial charge on any atom is 0.273 e. The molecule has 32 heavy (non-hydrogen) atoms. The Kier molecular flexibility index (Phi) is 5.73. The zero-order valence-corrected chi connectivity index (χ0v) is 18.1. The van der Waals surface area contributed by atoms with Crippen molar-refractivity contribution in [2.45, 2.75) is 33.1 Å². The second-order valence-electron chi connectivity index (χ2n) is 7.85. The van der Waals surface area contributed by atoms with Crippen molar-refractivity contribution in [1.82, 2.24) is 4.98 Å². The summed E-state index contributed by atoms with van der Waals surface area (Å²) in [6.45, 7) is 5.96. The highest BCUT2D eigenvalue weighted by molar-refractivity contribution is 6.05. The molecule has 0 saturated carbocycles. The molecule has 1 amide bonds. The molecule has 1 aromatic heterocycles. The summed E-state index contributed by atoms with van der Waals surface area (Å²) in [6, 6.07) is 17.6. The predicted molar refractivity (Wildman–Crippen MR) is 124 cm³/mol. The van der Waals surface area contributed by atoms with E-state index in [-0.39, 0.29) is 11.3 Å². The van der Waals surface area contributed by atoms with Crippen LogP contribution in [0.3, 0.4) is 0 Å². The SMILES string of the molecule is CC[C@@H](C)c1ccc2oc(-c3cccc(NC(=O)c4ccc(C)c([N+](=O)[O-])c4)c3)nc2c1. The highest BCUT2D eigenvalue weighted by Crippen LogP contribution is 2.29. The number of hydrogen-bond donors (Lipinski definition) is 1. The van der Waals surface area contributed by atoms with E-state index >= 15 is 0 Å². The maximum atomic E-state index is 12.6. The Labute approximate surface area is 185 Å². The zero-order valence-electron chi connectivity index (χ0n) is 18.1. The van der Waals surface area contributed by atoms with E-state index in [4.69, 9.17) is 4.42 Å². The minimum Gasteiger partial charge on any atom is -0.436 e. The van der Waals surface area contributed by atoms with Gasteiger partial charge in [-0.3, -0.25) is 14.9 Å². The van der Waals surface area contributed by atoms with Crippen LogP contribution in [0.2, 0.25) is 0 Å². The Morgan fingerprint density at radius 3 is 2.72 bits per heavy atom. The lowest BCUT2D eigenvalue weighted by Gasteiger charge is -2.07. The second kappa shape index (κ2) is 8.63. The van der Waals surface area contributed by atoms with Crippen LogP contribution in [-0.4, -0.2) is 15.8 Å². The summed E-state index contributed by atoms with van der Waals surface area (Å²) in [7, 11) is 0. The Balaban J connectivity index is 1.59. The number of carbonyl (C=O) groups excluding carboxylic acids is 1. The number of aryl methyl sites for hydroxylation is 1. The minimum absolute atomic E-state index is 0.0883. The molecule has 0 bridgehead atoms. The van der Waals surface area contributed by atoms with E-state index in [1.807, 2.05) is 18.2 Å². The molecule has 3 aromatic carbocycles. The molecule has 0 aliphatic rings. The van der Waals surface area contributed by atoms with E-state index in [2.05, 4.69) is 30.2 Å². The van der Waals surface area contributed by atoms with E-state index in [0.717, 1.165) is 17.5 Å². The van der Waals surface area contributed by atoms with Gasteiger partial charge in [-0.2, -0.15) is 0 Å². The van der Waals surface area contributed by atoms with Gasteiger partial charge in [-0.05, 0) is 61.2 Å². The number of oxazole rings is 1. The van der Waals surface area contributed by atoms with Gasteiger partial charge in [-0.15, -0.1) is 0 Å². The molecule has 0 radical (unpaired) electrons. The van der Waals surface area contributed by atoms with Crippen LogP contribution in [0.5, 0.6) is 0 Å². The van der Waals surface area contributed by atoms with Gasteiger partial charge in [-0.1, -0.05) is 32.0 Å². The van der Waals surface area contributed by atoms with E-state index in [1.165, 1.54) is 11.6 Å². The summed E-state index contributed by atoms with van der Waals surface area (Å²) in [4.78, 5) is 27.9. The number of benzene rings is 3. The van der Waals surface area contributed by atoms with E-state index in [0.29, 0.717) is 28.6 Å². The third-order valence-corrected chi connectivity index (χ3v) is 5.63. The highest BCUT2D eigenvalue weighted by Gasteiger charge is 2.16. The maximum absolute atomic E-state index is 12.6. The van der Waals surface area contributed by atoms with Crippen LogP contribution in [0, 0.1) is 17.0 Å². The van der Waals surface area contributed by atoms with E-state index in [9.17, 15) is 14.9 Å². The molecule has 1 atom stereocenters. The molecule has 4 rings (SSSR count). The Bertz CT molecular complexity index is 1330. The lowest BCUT2D eigenvalue weighted by molar-refractivity contribution is -0.385. The van der Waals surface area contributed by atoms with Gasteiger partial charge >= 0.3 is 0 Å². The van der Waals surface area contributed by atoms with Crippen molar-refractivity contribution in [2.75, 3.05) is 5.32 Å². The summed E-state index contributed by atoms with van der Waals surface area (Å²) < 4.78 is 5.92. The normalized spacial score (nSPS) is 12.0. The fourth-order valence-corrected chi connectivity index (χ4v) is 3.49. The van der Waals surface area contributed by atoms with Crippen molar-refractivity contribution in [3.63, 3.8) is 0 Å². The first kappa shape index (κ1) is 21.2. The van der Waals surface area contributed by atoms with Crippen molar-refractivity contribution in [1.29, 1.82) is 0 Å². The van der Waals surface area contributed by atoms with Crippen LogP contribution in [0.1, 0.15) is 47.7 Å². The molecule has 0 saturated heterocycles. The van der Waals surface area contributed by atoms with Gasteiger partial charge in [0.05, 0.1) is 4.92 Å². The fourth-order valence-electron chi connectivity index (χ4n) is 3.49. The molecule has 7 nitrogen and oxygen atoms in total. The van der Waals surface area contributed by atoms with E-state index < -0.39 is 10.8 Å². The van der Waals surface area contributed by atoms with Gasteiger partial charge in [0.15, 0.2) is 5.58 Å². The summed E-state index contributed by atoms with van der Waals surface area (Å²) in [6.07, 6.45) is 1.04. The van der Waals surface area contributed by atoms with Crippen molar-refractivity contribution in [2.24, 2.45) is 0 Å². The van der Waals surface area contributed by atoms with Gasteiger partial charge in [0.1, 0.15) is 5.52 Å². The van der Waals surface area contributed by atoms with Crippen LogP contribution >= 0.6 is 0 Å². The Hall–Kier alpha value is -4.00. The number of hydrogen-bond acceptors (Lipinski definition) is 5. The lowest BCUT2D eigenvalue weighted by Crippen LogP contribution is -2.12. The molecule has 7 heteroatoms. The molecule has 0 unspecified atom stereocenters. The number of nitro benzene ring substituents is 1. The van der Waals surface area contributed by atoms with Crippen molar-refractivity contribution in [3.8, 4) is 11.5 Å². The molecule has 1 heterocycles. The number of amides is 1. The number of fused-ring (bicyclic) bond motifs is 1. The summed E-state index contributed by atoms with van der Waals surface area (Å²) in [5, 5.41) is 14.0. The molecule has 4 aromatic rings.